The van der Waals surface area contributed by atoms with Gasteiger partial charge in [-0.1, -0.05) is 13.8 Å². The van der Waals surface area contributed by atoms with Crippen molar-refractivity contribution in [2.45, 2.75) is 45.6 Å². The Morgan fingerprint density at radius 3 is 2.92 bits per heavy atom. The van der Waals surface area contributed by atoms with Gasteiger partial charge < -0.3 is 4.74 Å². The summed E-state index contributed by atoms with van der Waals surface area (Å²) in [6.45, 7) is 4.90. The average molecular weight is 170 g/mol. The second-order valence-corrected chi connectivity index (χ2v) is 3.61. The lowest BCUT2D eigenvalue weighted by Gasteiger charge is -2.11. The fourth-order valence-corrected chi connectivity index (χ4v) is 1.46. The maximum Gasteiger partial charge on any atom is 0.138 e. The Kier molecular flexibility index (Phi) is 3.73. The summed E-state index contributed by atoms with van der Waals surface area (Å²) >= 11 is 0. The number of rotatable bonds is 4. The van der Waals surface area contributed by atoms with Gasteiger partial charge in [0.15, 0.2) is 0 Å². The first-order valence-corrected chi connectivity index (χ1v) is 4.88. The van der Waals surface area contributed by atoms with Crippen LogP contribution < -0.4 is 0 Å². The molecule has 0 N–H and O–H groups in total. The maximum absolute atomic E-state index is 11.5. The van der Waals surface area contributed by atoms with Gasteiger partial charge >= 0.3 is 0 Å². The van der Waals surface area contributed by atoms with Crippen molar-refractivity contribution >= 4 is 5.78 Å². The van der Waals surface area contributed by atoms with Crippen LogP contribution in [0.25, 0.3) is 0 Å². The van der Waals surface area contributed by atoms with Crippen molar-refractivity contribution in [3.05, 3.63) is 0 Å². The van der Waals surface area contributed by atoms with E-state index in [9.17, 15) is 4.79 Å². The molecule has 0 aromatic carbocycles. The third-order valence-electron chi connectivity index (χ3n) is 2.61. The van der Waals surface area contributed by atoms with E-state index in [2.05, 4.69) is 6.92 Å². The van der Waals surface area contributed by atoms with E-state index in [-0.39, 0.29) is 12.0 Å². The first-order chi connectivity index (χ1) is 5.74. The van der Waals surface area contributed by atoms with Crippen LogP contribution in [0.2, 0.25) is 0 Å². The summed E-state index contributed by atoms with van der Waals surface area (Å²) < 4.78 is 5.40. The highest BCUT2D eigenvalue weighted by Crippen LogP contribution is 2.18. The molecule has 1 aliphatic rings. The van der Waals surface area contributed by atoms with Gasteiger partial charge in [0.1, 0.15) is 5.78 Å². The van der Waals surface area contributed by atoms with E-state index < -0.39 is 0 Å². The summed E-state index contributed by atoms with van der Waals surface area (Å²) in [6, 6.07) is 0. The zero-order chi connectivity index (χ0) is 8.97. The molecule has 1 rings (SSSR count). The van der Waals surface area contributed by atoms with Gasteiger partial charge in [-0.15, -0.1) is 0 Å². The number of hydrogen-bond acceptors (Lipinski definition) is 2. The van der Waals surface area contributed by atoms with Crippen molar-refractivity contribution in [3.8, 4) is 0 Å². The summed E-state index contributed by atoms with van der Waals surface area (Å²) in [6.07, 6.45) is 4.01. The predicted octanol–water partition coefficient (Wildman–Crippen LogP) is 2.17. The predicted molar refractivity (Wildman–Crippen MR) is 48.1 cm³/mol. The lowest BCUT2D eigenvalue weighted by molar-refractivity contribution is -0.124. The minimum Gasteiger partial charge on any atom is -0.378 e. The average Bonchev–Trinajstić information content (AvgIpc) is 2.55. The molecule has 2 unspecified atom stereocenters. The van der Waals surface area contributed by atoms with Gasteiger partial charge in [0, 0.05) is 18.9 Å². The minimum absolute atomic E-state index is 0.217. The van der Waals surface area contributed by atoms with Crippen LogP contribution in [0.5, 0.6) is 0 Å². The van der Waals surface area contributed by atoms with Gasteiger partial charge in [0.2, 0.25) is 0 Å². The van der Waals surface area contributed by atoms with Crippen molar-refractivity contribution in [1.29, 1.82) is 0 Å². The molecule has 12 heavy (non-hydrogen) atoms. The molecule has 0 saturated carbocycles. The molecule has 70 valence electrons. The Balaban J connectivity index is 2.25. The van der Waals surface area contributed by atoms with E-state index in [1.54, 1.807) is 0 Å². The molecule has 0 bridgehead atoms. The van der Waals surface area contributed by atoms with Crippen molar-refractivity contribution in [2.75, 3.05) is 6.61 Å². The van der Waals surface area contributed by atoms with Crippen molar-refractivity contribution in [1.82, 2.24) is 0 Å². The largest absolute Gasteiger partial charge is 0.378 e. The van der Waals surface area contributed by atoms with Crippen LogP contribution in [0.15, 0.2) is 0 Å². The first kappa shape index (κ1) is 9.72. The summed E-state index contributed by atoms with van der Waals surface area (Å²) in [5, 5.41) is 0. The smallest absolute Gasteiger partial charge is 0.138 e. The third-order valence-corrected chi connectivity index (χ3v) is 2.61. The SMILES string of the molecule is CCC(C)C(=O)CC1CCCO1. The van der Waals surface area contributed by atoms with Crippen LogP contribution >= 0.6 is 0 Å². The molecule has 0 amide bonds. The third kappa shape index (κ3) is 2.59. The summed E-state index contributed by atoms with van der Waals surface area (Å²) in [5.74, 6) is 0.582. The number of ketones is 1. The fraction of sp³-hybridized carbons (Fsp3) is 0.900. The van der Waals surface area contributed by atoms with E-state index >= 15 is 0 Å². The Morgan fingerprint density at radius 2 is 2.42 bits per heavy atom. The van der Waals surface area contributed by atoms with Crippen LogP contribution in [0.3, 0.4) is 0 Å². The normalized spacial score (nSPS) is 25.7. The van der Waals surface area contributed by atoms with Gasteiger partial charge in [-0.25, -0.2) is 0 Å². The summed E-state index contributed by atoms with van der Waals surface area (Å²) in [7, 11) is 0. The van der Waals surface area contributed by atoms with Crippen molar-refractivity contribution < 1.29 is 9.53 Å². The molecule has 2 heteroatoms. The minimum atomic E-state index is 0.217. The first-order valence-electron chi connectivity index (χ1n) is 4.88. The molecule has 0 radical (unpaired) electrons. The quantitative estimate of drug-likeness (QED) is 0.646. The number of ether oxygens (including phenoxy) is 1. The van der Waals surface area contributed by atoms with Crippen LogP contribution in [0.4, 0.5) is 0 Å². The van der Waals surface area contributed by atoms with E-state index in [1.807, 2.05) is 6.92 Å². The number of carbonyl (C=O) groups excluding carboxylic acids is 1. The van der Waals surface area contributed by atoms with Gasteiger partial charge in [0.05, 0.1) is 6.10 Å². The Labute approximate surface area is 74.3 Å². The highest BCUT2D eigenvalue weighted by atomic mass is 16.5. The Hall–Kier alpha value is -0.370. The number of hydrogen-bond donors (Lipinski definition) is 0. The van der Waals surface area contributed by atoms with Gasteiger partial charge in [-0.3, -0.25) is 4.79 Å². The topological polar surface area (TPSA) is 26.3 Å². The molecular formula is C10H18O2. The van der Waals surface area contributed by atoms with E-state index in [4.69, 9.17) is 4.74 Å². The van der Waals surface area contributed by atoms with Crippen LogP contribution in [0, 0.1) is 5.92 Å². The molecular weight excluding hydrogens is 152 g/mol. The molecule has 0 aliphatic carbocycles. The lowest BCUT2D eigenvalue weighted by atomic mass is 9.98. The summed E-state index contributed by atoms with van der Waals surface area (Å²) in [5.41, 5.74) is 0. The van der Waals surface area contributed by atoms with E-state index in [0.29, 0.717) is 12.2 Å². The Bertz CT molecular complexity index is 148. The van der Waals surface area contributed by atoms with Gasteiger partial charge in [-0.2, -0.15) is 0 Å². The zero-order valence-electron chi connectivity index (χ0n) is 8.01. The second kappa shape index (κ2) is 4.61. The molecule has 1 heterocycles. The molecule has 0 aromatic heterocycles. The molecule has 1 saturated heterocycles. The highest BCUT2D eigenvalue weighted by molar-refractivity contribution is 5.81. The second-order valence-electron chi connectivity index (χ2n) is 3.61. The maximum atomic E-state index is 11.5. The molecule has 0 aromatic rings. The van der Waals surface area contributed by atoms with Crippen molar-refractivity contribution in [2.24, 2.45) is 5.92 Å². The monoisotopic (exact) mass is 170 g/mol. The molecule has 2 nitrogen and oxygen atoms in total. The number of Topliss-reactive ketones (excluding diaryl/α,β-unsaturated/α-hetero) is 1. The molecule has 1 fully saturated rings. The van der Waals surface area contributed by atoms with Crippen LogP contribution in [0.1, 0.15) is 39.5 Å². The lowest BCUT2D eigenvalue weighted by Crippen LogP contribution is -2.17. The fourth-order valence-electron chi connectivity index (χ4n) is 1.46. The molecule has 2 atom stereocenters. The van der Waals surface area contributed by atoms with Crippen molar-refractivity contribution in [3.63, 3.8) is 0 Å². The highest BCUT2D eigenvalue weighted by Gasteiger charge is 2.21. The van der Waals surface area contributed by atoms with Crippen LogP contribution in [-0.4, -0.2) is 18.5 Å². The Morgan fingerprint density at radius 1 is 1.67 bits per heavy atom. The molecule has 1 aliphatic heterocycles. The van der Waals surface area contributed by atoms with E-state index in [1.165, 1.54) is 0 Å². The standard InChI is InChI=1S/C10H18O2/c1-3-8(2)10(11)7-9-5-4-6-12-9/h8-9H,3-7H2,1-2H3. The van der Waals surface area contributed by atoms with Gasteiger partial charge in [-0.05, 0) is 19.3 Å². The van der Waals surface area contributed by atoms with Crippen LogP contribution in [-0.2, 0) is 9.53 Å². The van der Waals surface area contributed by atoms with Gasteiger partial charge in [0.25, 0.3) is 0 Å². The number of carbonyl (C=O) groups is 1. The zero-order valence-corrected chi connectivity index (χ0v) is 8.01. The summed E-state index contributed by atoms with van der Waals surface area (Å²) in [4.78, 5) is 11.5. The molecule has 0 spiro atoms. The van der Waals surface area contributed by atoms with E-state index in [0.717, 1.165) is 25.9 Å².